The van der Waals surface area contributed by atoms with Gasteiger partial charge in [0.25, 0.3) is 0 Å². The zero-order valence-electron chi connectivity index (χ0n) is 26.2. The fourth-order valence-electron chi connectivity index (χ4n) is 8.63. The normalized spacial score (nSPS) is 12.5. The largest absolute Gasteiger partial charge is 0.456 e. The quantitative estimate of drug-likeness (QED) is 0.192. The van der Waals surface area contributed by atoms with E-state index in [9.17, 15) is 0 Å². The molecule has 1 aliphatic carbocycles. The lowest BCUT2D eigenvalue weighted by atomic mass is 9.93. The van der Waals surface area contributed by atoms with Gasteiger partial charge in [-0.05, 0) is 92.7 Å². The Hall–Kier alpha value is -6.58. The summed E-state index contributed by atoms with van der Waals surface area (Å²) in [6.07, 6.45) is 0. The number of furan rings is 2. The third kappa shape index (κ3) is 3.26. The van der Waals surface area contributed by atoms with Crippen LogP contribution in [0, 0.1) is 0 Å². The number of aromatic nitrogens is 1. The Bertz CT molecular complexity index is 3190. The number of nitrogens with zero attached hydrogens (tertiary/aromatic N) is 1. The minimum atomic E-state index is 0.876. The molecule has 3 heteroatoms. The predicted molar refractivity (Wildman–Crippen MR) is 203 cm³/mol. The Morgan fingerprint density at radius 1 is 0.367 bits per heavy atom. The number of rotatable bonds is 2. The maximum atomic E-state index is 6.60. The zero-order valence-corrected chi connectivity index (χ0v) is 26.2. The van der Waals surface area contributed by atoms with Crippen molar-refractivity contribution < 1.29 is 8.83 Å². The van der Waals surface area contributed by atoms with Gasteiger partial charge in [0, 0.05) is 38.0 Å². The molecule has 226 valence electrons. The summed E-state index contributed by atoms with van der Waals surface area (Å²) in [5.41, 5.74) is 14.5. The van der Waals surface area contributed by atoms with Crippen molar-refractivity contribution >= 4 is 76.5 Å². The lowest BCUT2D eigenvalue weighted by molar-refractivity contribution is 0.669. The van der Waals surface area contributed by atoms with Crippen molar-refractivity contribution in [1.82, 2.24) is 4.57 Å². The fraction of sp³-hybridized carbons (Fsp3) is 0. The third-order valence-corrected chi connectivity index (χ3v) is 10.7. The molecule has 0 radical (unpaired) electrons. The molecule has 0 spiro atoms. The van der Waals surface area contributed by atoms with Crippen LogP contribution in [0.3, 0.4) is 0 Å². The molecule has 0 saturated carbocycles. The van der Waals surface area contributed by atoms with Crippen LogP contribution in [0.4, 0.5) is 0 Å². The van der Waals surface area contributed by atoms with Gasteiger partial charge in [-0.2, -0.15) is 0 Å². The van der Waals surface area contributed by atoms with Gasteiger partial charge in [-0.3, -0.25) is 0 Å². The lowest BCUT2D eigenvalue weighted by Crippen LogP contribution is -1.93. The number of benzene rings is 8. The van der Waals surface area contributed by atoms with Crippen LogP contribution in [0.1, 0.15) is 0 Å². The van der Waals surface area contributed by atoms with Crippen molar-refractivity contribution in [3.63, 3.8) is 0 Å². The van der Waals surface area contributed by atoms with E-state index in [1.807, 2.05) is 6.07 Å². The summed E-state index contributed by atoms with van der Waals surface area (Å²) in [6.45, 7) is 0. The van der Waals surface area contributed by atoms with Crippen LogP contribution in [-0.2, 0) is 0 Å². The Kier molecular flexibility index (Phi) is 4.72. The first-order valence-corrected chi connectivity index (χ1v) is 16.8. The molecule has 8 aromatic carbocycles. The summed E-state index contributed by atoms with van der Waals surface area (Å²) in [5, 5.41) is 9.45. The molecule has 11 aromatic rings. The minimum Gasteiger partial charge on any atom is -0.456 e. The monoisotopic (exact) mass is 623 g/mol. The summed E-state index contributed by atoms with van der Waals surface area (Å²) in [4.78, 5) is 0. The van der Waals surface area contributed by atoms with E-state index in [1.54, 1.807) is 0 Å². The Morgan fingerprint density at radius 2 is 1.02 bits per heavy atom. The third-order valence-electron chi connectivity index (χ3n) is 10.7. The van der Waals surface area contributed by atoms with E-state index in [4.69, 9.17) is 8.83 Å². The molecule has 12 rings (SSSR count). The van der Waals surface area contributed by atoms with Crippen LogP contribution in [0.15, 0.2) is 160 Å². The summed E-state index contributed by atoms with van der Waals surface area (Å²) in [5.74, 6) is 0. The molecular formula is C46H25NO2. The molecular weight excluding hydrogens is 599 g/mol. The van der Waals surface area contributed by atoms with E-state index in [0.29, 0.717) is 0 Å². The molecule has 0 saturated heterocycles. The van der Waals surface area contributed by atoms with Crippen LogP contribution in [0.25, 0.3) is 116 Å². The molecule has 49 heavy (non-hydrogen) atoms. The first-order valence-electron chi connectivity index (χ1n) is 16.8. The molecule has 0 fully saturated rings. The lowest BCUT2D eigenvalue weighted by Gasteiger charge is -2.10. The number of hydrogen-bond donors (Lipinski definition) is 0. The van der Waals surface area contributed by atoms with Crippen molar-refractivity contribution in [3.05, 3.63) is 152 Å². The molecule has 3 nitrogen and oxygen atoms in total. The molecule has 0 amide bonds. The van der Waals surface area contributed by atoms with E-state index >= 15 is 0 Å². The molecule has 3 heterocycles. The van der Waals surface area contributed by atoms with Gasteiger partial charge in [-0.1, -0.05) is 103 Å². The first-order chi connectivity index (χ1) is 24.3. The van der Waals surface area contributed by atoms with E-state index in [1.165, 1.54) is 54.9 Å². The summed E-state index contributed by atoms with van der Waals surface area (Å²) >= 11 is 0. The van der Waals surface area contributed by atoms with Crippen molar-refractivity contribution in [1.29, 1.82) is 0 Å². The minimum absolute atomic E-state index is 0.876. The number of hydrogen-bond acceptors (Lipinski definition) is 2. The van der Waals surface area contributed by atoms with Gasteiger partial charge in [0.05, 0.1) is 11.0 Å². The van der Waals surface area contributed by atoms with Crippen LogP contribution in [-0.4, -0.2) is 4.57 Å². The van der Waals surface area contributed by atoms with Gasteiger partial charge in [0.2, 0.25) is 0 Å². The average molecular weight is 624 g/mol. The Balaban J connectivity index is 1.10. The van der Waals surface area contributed by atoms with Crippen molar-refractivity contribution in [2.24, 2.45) is 0 Å². The molecule has 3 aromatic heterocycles. The van der Waals surface area contributed by atoms with Crippen LogP contribution >= 0.6 is 0 Å². The van der Waals surface area contributed by atoms with Gasteiger partial charge < -0.3 is 13.4 Å². The topological polar surface area (TPSA) is 31.2 Å². The molecule has 0 unspecified atom stereocenters. The van der Waals surface area contributed by atoms with Gasteiger partial charge >= 0.3 is 0 Å². The van der Waals surface area contributed by atoms with Crippen molar-refractivity contribution in [2.45, 2.75) is 0 Å². The van der Waals surface area contributed by atoms with E-state index in [2.05, 4.69) is 150 Å². The van der Waals surface area contributed by atoms with Crippen molar-refractivity contribution in [3.8, 4) is 39.1 Å². The Morgan fingerprint density at radius 3 is 1.92 bits per heavy atom. The summed E-state index contributed by atoms with van der Waals surface area (Å²) in [6, 6.07) is 54.6. The first kappa shape index (κ1) is 25.5. The molecule has 0 N–H and O–H groups in total. The maximum absolute atomic E-state index is 6.60. The van der Waals surface area contributed by atoms with Gasteiger partial charge in [0.1, 0.15) is 16.7 Å². The summed E-state index contributed by atoms with van der Waals surface area (Å²) in [7, 11) is 0. The van der Waals surface area contributed by atoms with Crippen molar-refractivity contribution in [2.75, 3.05) is 0 Å². The number of fused-ring (bicyclic) bond motifs is 13. The Labute approximate surface area is 279 Å². The predicted octanol–water partition coefficient (Wildman–Crippen LogP) is 13.1. The smallest absolute Gasteiger partial charge is 0.160 e. The number of para-hydroxylation sites is 2. The second kappa shape index (κ2) is 9.06. The molecule has 0 bridgehead atoms. The second-order valence-electron chi connectivity index (χ2n) is 13.2. The summed E-state index contributed by atoms with van der Waals surface area (Å²) < 4.78 is 15.4. The highest BCUT2D eigenvalue weighted by Crippen LogP contribution is 2.49. The fourth-order valence-corrected chi connectivity index (χ4v) is 8.63. The van der Waals surface area contributed by atoms with Crippen LogP contribution in [0.5, 0.6) is 0 Å². The van der Waals surface area contributed by atoms with E-state index < -0.39 is 0 Å². The highest BCUT2D eigenvalue weighted by molar-refractivity contribution is 6.22. The zero-order chi connectivity index (χ0) is 31.8. The van der Waals surface area contributed by atoms with Gasteiger partial charge in [-0.25, -0.2) is 0 Å². The highest BCUT2D eigenvalue weighted by atomic mass is 16.3. The maximum Gasteiger partial charge on any atom is 0.160 e. The molecule has 1 aliphatic rings. The van der Waals surface area contributed by atoms with Gasteiger partial charge in [-0.15, -0.1) is 0 Å². The van der Waals surface area contributed by atoms with E-state index in [0.717, 1.165) is 60.6 Å². The molecule has 0 aliphatic heterocycles. The van der Waals surface area contributed by atoms with Crippen LogP contribution < -0.4 is 0 Å². The van der Waals surface area contributed by atoms with Crippen LogP contribution in [0.2, 0.25) is 0 Å². The van der Waals surface area contributed by atoms with E-state index in [-0.39, 0.29) is 0 Å². The van der Waals surface area contributed by atoms with Gasteiger partial charge in [0.15, 0.2) is 5.58 Å². The molecule has 0 atom stereocenters. The second-order valence-corrected chi connectivity index (χ2v) is 13.2. The average Bonchev–Trinajstić information content (AvgIpc) is 3.90. The standard InChI is InChI=1S/C46H25NO2/c1-2-9-30-29(8-1)34-13-7-12-33-28(18-19-35(30)44(33)34)26-16-22-42-38(24-26)39-25-27(17-23-43(39)48-42)47-40-14-5-3-10-31(40)36-20-21-37-32-11-4-6-15-41(32)49-46(37)45(36)47/h1-25H. The highest BCUT2D eigenvalue weighted by Gasteiger charge is 2.23. The SMILES string of the molecule is c1ccc2c(c1)-c1cccc3c(-c4ccc5oc6ccc(-n7c8ccccc8c8ccc9c%10ccccc%10oc9c87)cc6c5c4)ccc-2c13.